The summed E-state index contributed by atoms with van der Waals surface area (Å²) < 4.78 is 2.48. The van der Waals surface area contributed by atoms with Crippen molar-refractivity contribution in [3.63, 3.8) is 0 Å². The number of hydrogen-bond donors (Lipinski definition) is 0. The van der Waals surface area contributed by atoms with E-state index in [9.17, 15) is 0 Å². The van der Waals surface area contributed by atoms with Crippen molar-refractivity contribution in [1.29, 1.82) is 0 Å². The van der Waals surface area contributed by atoms with Crippen LogP contribution >= 0.6 is 11.3 Å². The minimum Gasteiger partial charge on any atom is -0.255 e. The Kier molecular flexibility index (Phi) is 6.96. The van der Waals surface area contributed by atoms with Crippen LogP contribution < -0.4 is 0 Å². The molecule has 0 unspecified atom stereocenters. The van der Waals surface area contributed by atoms with Crippen LogP contribution in [0.2, 0.25) is 0 Å². The maximum absolute atomic E-state index is 5.39. The molecule has 0 amide bonds. The minimum atomic E-state index is 0.810. The summed E-state index contributed by atoms with van der Waals surface area (Å²) in [7, 11) is 0. The molecule has 0 radical (unpaired) electrons. The fraction of sp³-hybridized carbons (Fsp3) is 0. The van der Waals surface area contributed by atoms with Crippen LogP contribution in [0.25, 0.3) is 98.1 Å². The predicted octanol–water partition coefficient (Wildman–Crippen LogP) is 12.3. The van der Waals surface area contributed by atoms with Gasteiger partial charge in [0.05, 0.1) is 38.7 Å². The zero-order valence-corrected chi connectivity index (χ0v) is 28.2. The Balaban J connectivity index is 1.15. The van der Waals surface area contributed by atoms with Gasteiger partial charge in [-0.2, -0.15) is 0 Å². The van der Waals surface area contributed by atoms with E-state index in [1.165, 1.54) is 30.9 Å². The smallest absolute Gasteiger partial charge is 0.0900 e. The van der Waals surface area contributed by atoms with E-state index < -0.39 is 0 Å². The van der Waals surface area contributed by atoms with Crippen LogP contribution in [0, 0.1) is 0 Å². The molecule has 5 heterocycles. The summed E-state index contributed by atoms with van der Waals surface area (Å²) in [6, 6.07) is 55.3. The van der Waals surface area contributed by atoms with E-state index in [0.717, 1.165) is 67.2 Å². The van der Waals surface area contributed by atoms with Crippen molar-refractivity contribution in [3.05, 3.63) is 170 Å². The first-order valence-electron chi connectivity index (χ1n) is 17.0. The van der Waals surface area contributed by atoms with Gasteiger partial charge in [-0.05, 0) is 93.7 Å². The molecule has 0 aliphatic rings. The van der Waals surface area contributed by atoms with Crippen molar-refractivity contribution in [2.45, 2.75) is 0 Å². The van der Waals surface area contributed by atoms with E-state index in [1.807, 2.05) is 47.7 Å². The van der Waals surface area contributed by atoms with Gasteiger partial charge in [-0.3, -0.25) is 9.97 Å². The molecule has 5 heteroatoms. The molecule has 10 aromatic rings. The fourth-order valence-corrected chi connectivity index (χ4v) is 8.37. The van der Waals surface area contributed by atoms with Gasteiger partial charge in [0.15, 0.2) is 0 Å². The third-order valence-corrected chi connectivity index (χ3v) is 10.7. The molecule has 0 atom stereocenters. The average Bonchev–Trinajstić information content (AvgIpc) is 3.61. The van der Waals surface area contributed by atoms with Crippen LogP contribution in [0.15, 0.2) is 170 Å². The molecule has 51 heavy (non-hydrogen) atoms. The number of rotatable bonds is 5. The van der Waals surface area contributed by atoms with Crippen molar-refractivity contribution in [2.75, 3.05) is 0 Å². The van der Waals surface area contributed by atoms with Gasteiger partial charge in [-0.15, -0.1) is 11.3 Å². The summed E-state index contributed by atoms with van der Waals surface area (Å²) in [5.41, 5.74) is 10.9. The second-order valence-corrected chi connectivity index (χ2v) is 13.7. The summed E-state index contributed by atoms with van der Waals surface area (Å²) in [5, 5.41) is 6.12. The summed E-state index contributed by atoms with van der Waals surface area (Å²) in [5.74, 6) is 0. The number of thiophene rings is 1. The van der Waals surface area contributed by atoms with Crippen LogP contribution in [0.4, 0.5) is 0 Å². The van der Waals surface area contributed by atoms with Gasteiger partial charge in [-0.1, -0.05) is 97.1 Å². The van der Waals surface area contributed by atoms with Gasteiger partial charge in [0.2, 0.25) is 0 Å². The normalized spacial score (nSPS) is 11.5. The number of fused-ring (bicyclic) bond motifs is 6. The van der Waals surface area contributed by atoms with E-state index in [1.54, 1.807) is 12.4 Å². The van der Waals surface area contributed by atoms with Crippen LogP contribution in [0.3, 0.4) is 0 Å². The maximum atomic E-state index is 5.39. The van der Waals surface area contributed by atoms with E-state index in [4.69, 9.17) is 9.97 Å². The Morgan fingerprint density at radius 3 is 1.82 bits per heavy atom. The molecular weight excluding hydrogens is 641 g/mol. The van der Waals surface area contributed by atoms with Gasteiger partial charge >= 0.3 is 0 Å². The number of nitrogens with zero attached hydrogens (tertiary/aromatic N) is 4. The molecule has 4 nitrogen and oxygen atoms in total. The maximum Gasteiger partial charge on any atom is 0.0900 e. The van der Waals surface area contributed by atoms with Crippen LogP contribution in [-0.2, 0) is 0 Å². The summed E-state index contributed by atoms with van der Waals surface area (Å²) in [6.07, 6.45) is 3.61. The molecule has 0 N–H and O–H groups in total. The van der Waals surface area contributed by atoms with Gasteiger partial charge in [-0.25, -0.2) is 9.97 Å². The van der Waals surface area contributed by atoms with Crippen molar-refractivity contribution in [1.82, 2.24) is 19.9 Å². The molecule has 0 aliphatic heterocycles. The highest BCUT2D eigenvalue weighted by Gasteiger charge is 2.18. The van der Waals surface area contributed by atoms with E-state index in [-0.39, 0.29) is 0 Å². The molecule has 5 aromatic carbocycles. The third kappa shape index (κ3) is 5.14. The molecule has 5 aromatic heterocycles. The van der Waals surface area contributed by atoms with Gasteiger partial charge in [0.25, 0.3) is 0 Å². The summed E-state index contributed by atoms with van der Waals surface area (Å²) in [6.45, 7) is 0. The first kappa shape index (κ1) is 29.4. The van der Waals surface area contributed by atoms with E-state index in [0.29, 0.717) is 0 Å². The largest absolute Gasteiger partial charge is 0.255 e. The standard InChI is InChI=1S/C46H28N4S/c1-2-15-34-29(11-1)12-10-17-35(34)45-46-44(36-16-3-4-20-43(36)51-46)37-26-32(21-22-38(37)50-45)30-13-9-14-31(25-30)33-27-41(39-18-5-7-23-47-39)49-42(28-33)40-19-6-8-24-48-40/h1-28H. The zero-order valence-electron chi connectivity index (χ0n) is 27.4. The third-order valence-electron chi connectivity index (χ3n) is 9.56. The van der Waals surface area contributed by atoms with Crippen LogP contribution in [0.5, 0.6) is 0 Å². The number of benzene rings is 5. The Hall–Kier alpha value is -6.56. The Morgan fingerprint density at radius 1 is 0.412 bits per heavy atom. The van der Waals surface area contributed by atoms with E-state index >= 15 is 0 Å². The van der Waals surface area contributed by atoms with Crippen molar-refractivity contribution < 1.29 is 0 Å². The zero-order chi connectivity index (χ0) is 33.7. The molecule has 0 saturated heterocycles. The Bertz CT molecular complexity index is 2850. The second kappa shape index (κ2) is 12.1. The van der Waals surface area contributed by atoms with Crippen LogP contribution in [-0.4, -0.2) is 19.9 Å². The second-order valence-electron chi connectivity index (χ2n) is 12.7. The highest BCUT2D eigenvalue weighted by molar-refractivity contribution is 7.26. The van der Waals surface area contributed by atoms with E-state index in [2.05, 4.69) is 131 Å². The highest BCUT2D eigenvalue weighted by Crippen LogP contribution is 2.45. The monoisotopic (exact) mass is 668 g/mol. The Labute approximate surface area is 298 Å². The summed E-state index contributed by atoms with van der Waals surface area (Å²) in [4.78, 5) is 19.6. The quantitative estimate of drug-likeness (QED) is 0.183. The highest BCUT2D eigenvalue weighted by atomic mass is 32.1. The summed E-state index contributed by atoms with van der Waals surface area (Å²) >= 11 is 1.83. The number of pyridine rings is 4. The lowest BCUT2D eigenvalue weighted by Crippen LogP contribution is -1.94. The molecular formula is C46H28N4S. The molecule has 10 rings (SSSR count). The van der Waals surface area contributed by atoms with Crippen molar-refractivity contribution >= 4 is 53.2 Å². The lowest BCUT2D eigenvalue weighted by Gasteiger charge is -2.12. The molecule has 0 bridgehead atoms. The Morgan fingerprint density at radius 2 is 1.06 bits per heavy atom. The number of aromatic nitrogens is 4. The molecule has 0 fully saturated rings. The molecule has 0 aliphatic carbocycles. The SMILES string of the molecule is c1ccc(-c2cc(-c3cccc(-c4ccc5nc(-c6cccc7ccccc67)c6sc7ccccc7c6c5c4)c3)cc(-c3ccccn3)n2)nc1. The average molecular weight is 669 g/mol. The topological polar surface area (TPSA) is 51.6 Å². The molecule has 0 saturated carbocycles. The predicted molar refractivity (Wildman–Crippen MR) is 213 cm³/mol. The number of hydrogen-bond acceptors (Lipinski definition) is 5. The molecule has 238 valence electrons. The lowest BCUT2D eigenvalue weighted by atomic mass is 9.95. The fourth-order valence-electron chi connectivity index (χ4n) is 7.15. The first-order valence-corrected chi connectivity index (χ1v) is 17.8. The van der Waals surface area contributed by atoms with Gasteiger partial charge in [0.1, 0.15) is 0 Å². The van der Waals surface area contributed by atoms with Crippen molar-refractivity contribution in [3.8, 4) is 56.3 Å². The molecule has 0 spiro atoms. The first-order chi connectivity index (χ1) is 25.3. The van der Waals surface area contributed by atoms with Crippen LogP contribution in [0.1, 0.15) is 0 Å². The lowest BCUT2D eigenvalue weighted by molar-refractivity contribution is 1.22. The van der Waals surface area contributed by atoms with Gasteiger partial charge < -0.3 is 0 Å². The van der Waals surface area contributed by atoms with Gasteiger partial charge in [0, 0.05) is 38.8 Å². The van der Waals surface area contributed by atoms with Crippen molar-refractivity contribution in [2.24, 2.45) is 0 Å². The minimum absolute atomic E-state index is 0.810.